The van der Waals surface area contributed by atoms with Crippen molar-refractivity contribution in [3.05, 3.63) is 77.9 Å². The number of hydrogen-bond donors (Lipinski definition) is 0. The topological polar surface area (TPSA) is 12.5 Å². The molecule has 0 bridgehead atoms. The van der Waals surface area contributed by atoms with Crippen LogP contribution >= 0.6 is 0 Å². The average molecular weight is 222 g/mol. The van der Waals surface area contributed by atoms with Crippen molar-refractivity contribution in [2.24, 2.45) is 0 Å². The Morgan fingerprint density at radius 2 is 1.35 bits per heavy atom. The molecule has 2 aromatic carbocycles. The molecule has 1 saturated heterocycles. The molecule has 17 heavy (non-hydrogen) atoms. The summed E-state index contributed by atoms with van der Waals surface area (Å²) in [6, 6.07) is 20.9. The van der Waals surface area contributed by atoms with Gasteiger partial charge in [-0.2, -0.15) is 0 Å². The lowest BCUT2D eigenvalue weighted by Crippen LogP contribution is -1.90. The van der Waals surface area contributed by atoms with E-state index in [1.54, 1.807) is 0 Å². The van der Waals surface area contributed by atoms with Gasteiger partial charge in [0.15, 0.2) is 0 Å². The van der Waals surface area contributed by atoms with E-state index in [2.05, 4.69) is 54.6 Å². The molecule has 0 radical (unpaired) electrons. The maximum Gasteiger partial charge on any atom is 0.1000 e. The van der Waals surface area contributed by atoms with Gasteiger partial charge >= 0.3 is 0 Å². The molecular formula is C16H14O. The molecule has 0 amide bonds. The second kappa shape index (κ2) is 4.56. The van der Waals surface area contributed by atoms with Crippen LogP contribution in [-0.2, 0) is 4.74 Å². The molecular weight excluding hydrogens is 208 g/mol. The fourth-order valence-electron chi connectivity index (χ4n) is 1.93. The third-order valence-electron chi connectivity index (χ3n) is 2.88. The molecule has 3 rings (SSSR count). The van der Waals surface area contributed by atoms with E-state index < -0.39 is 0 Å². The molecule has 1 atom stereocenters. The average Bonchev–Trinajstić information content (AvgIpc) is 3.22. The number of benzene rings is 2. The zero-order valence-electron chi connectivity index (χ0n) is 9.54. The molecule has 1 aliphatic heterocycles. The van der Waals surface area contributed by atoms with Crippen molar-refractivity contribution in [3.8, 4) is 0 Å². The Kier molecular flexibility index (Phi) is 2.76. The summed E-state index contributed by atoms with van der Waals surface area (Å²) < 4.78 is 5.31. The quantitative estimate of drug-likeness (QED) is 0.724. The van der Waals surface area contributed by atoms with Gasteiger partial charge in [0.25, 0.3) is 0 Å². The zero-order chi connectivity index (χ0) is 11.5. The molecule has 0 spiro atoms. The predicted molar refractivity (Wildman–Crippen MR) is 69.7 cm³/mol. The molecule has 84 valence electrons. The Hall–Kier alpha value is -1.86. The van der Waals surface area contributed by atoms with Crippen molar-refractivity contribution in [1.82, 2.24) is 0 Å². The summed E-state index contributed by atoms with van der Waals surface area (Å²) in [5.74, 6) is 0. The van der Waals surface area contributed by atoms with Gasteiger partial charge < -0.3 is 4.74 Å². The van der Waals surface area contributed by atoms with Crippen molar-refractivity contribution in [3.63, 3.8) is 0 Å². The van der Waals surface area contributed by atoms with Gasteiger partial charge in [0.05, 0.1) is 12.7 Å². The Morgan fingerprint density at radius 1 is 0.882 bits per heavy atom. The first-order valence-corrected chi connectivity index (χ1v) is 5.88. The van der Waals surface area contributed by atoms with E-state index in [-0.39, 0.29) is 0 Å². The summed E-state index contributed by atoms with van der Waals surface area (Å²) in [6.07, 6.45) is 2.51. The van der Waals surface area contributed by atoms with Crippen LogP contribution in [-0.4, -0.2) is 12.7 Å². The van der Waals surface area contributed by atoms with Crippen LogP contribution in [0.5, 0.6) is 0 Å². The van der Waals surface area contributed by atoms with E-state index in [9.17, 15) is 0 Å². The first-order valence-electron chi connectivity index (χ1n) is 5.88. The maximum absolute atomic E-state index is 5.31. The van der Waals surface area contributed by atoms with Crippen molar-refractivity contribution in [2.45, 2.75) is 6.10 Å². The van der Waals surface area contributed by atoms with Gasteiger partial charge in [0.2, 0.25) is 0 Å². The van der Waals surface area contributed by atoms with Gasteiger partial charge in [-0.3, -0.25) is 0 Å². The van der Waals surface area contributed by atoms with Crippen molar-refractivity contribution in [2.75, 3.05) is 6.61 Å². The minimum Gasteiger partial charge on any atom is -0.369 e. The minimum atomic E-state index is 0.297. The molecule has 2 aromatic rings. The summed E-state index contributed by atoms with van der Waals surface area (Å²) >= 11 is 0. The van der Waals surface area contributed by atoms with Crippen LogP contribution in [0.2, 0.25) is 0 Å². The third-order valence-corrected chi connectivity index (χ3v) is 2.88. The highest BCUT2D eigenvalue weighted by Crippen LogP contribution is 2.26. The molecule has 1 heterocycles. The van der Waals surface area contributed by atoms with E-state index in [0.717, 1.165) is 6.61 Å². The Bertz CT molecular complexity index is 468. The Morgan fingerprint density at radius 3 is 1.76 bits per heavy atom. The van der Waals surface area contributed by atoms with Crippen molar-refractivity contribution < 1.29 is 4.74 Å². The Labute approximate surface area is 101 Å². The van der Waals surface area contributed by atoms with Gasteiger partial charge in [-0.1, -0.05) is 60.7 Å². The molecule has 1 aliphatic rings. The second-order valence-electron chi connectivity index (χ2n) is 4.18. The summed E-state index contributed by atoms with van der Waals surface area (Å²) in [5, 5.41) is 0. The normalized spacial score (nSPS) is 17.5. The highest BCUT2D eigenvalue weighted by atomic mass is 16.6. The second-order valence-corrected chi connectivity index (χ2v) is 4.18. The third kappa shape index (κ3) is 2.45. The van der Waals surface area contributed by atoms with Gasteiger partial charge in [0, 0.05) is 0 Å². The maximum atomic E-state index is 5.31. The van der Waals surface area contributed by atoms with E-state index in [1.807, 2.05) is 12.1 Å². The molecule has 1 fully saturated rings. The molecule has 0 saturated carbocycles. The highest BCUT2D eigenvalue weighted by Gasteiger charge is 2.21. The van der Waals surface area contributed by atoms with Crippen LogP contribution in [0.15, 0.2) is 66.7 Å². The predicted octanol–water partition coefficient (Wildman–Crippen LogP) is 3.52. The van der Waals surface area contributed by atoms with Crippen LogP contribution in [0.3, 0.4) is 0 Å². The van der Waals surface area contributed by atoms with Crippen molar-refractivity contribution >= 4 is 5.57 Å². The van der Waals surface area contributed by atoms with E-state index in [4.69, 9.17) is 4.74 Å². The standard InChI is InChI=1S/C16H14O/c1-3-7-13(8-4-1)16(11-15-12-17-15)14-9-5-2-6-10-14/h1-11,15H,12H2. The van der Waals surface area contributed by atoms with Crippen LogP contribution in [0.4, 0.5) is 0 Å². The van der Waals surface area contributed by atoms with Crippen LogP contribution in [0.1, 0.15) is 11.1 Å². The number of epoxide rings is 1. The fourth-order valence-corrected chi connectivity index (χ4v) is 1.93. The van der Waals surface area contributed by atoms with Gasteiger partial charge in [-0.15, -0.1) is 0 Å². The number of ether oxygens (including phenoxy) is 1. The van der Waals surface area contributed by atoms with E-state index >= 15 is 0 Å². The molecule has 1 heteroatoms. The molecule has 1 nitrogen and oxygen atoms in total. The van der Waals surface area contributed by atoms with Crippen LogP contribution in [0, 0.1) is 0 Å². The monoisotopic (exact) mass is 222 g/mol. The fraction of sp³-hybridized carbons (Fsp3) is 0.125. The minimum absolute atomic E-state index is 0.297. The summed E-state index contributed by atoms with van der Waals surface area (Å²) in [6.45, 7) is 0.850. The Balaban J connectivity index is 2.04. The number of hydrogen-bond acceptors (Lipinski definition) is 1. The SMILES string of the molecule is C(=C(c1ccccc1)c1ccccc1)C1CO1. The summed E-state index contributed by atoms with van der Waals surface area (Å²) in [4.78, 5) is 0. The van der Waals surface area contributed by atoms with Gasteiger partial charge in [-0.25, -0.2) is 0 Å². The lowest BCUT2D eigenvalue weighted by atomic mass is 9.97. The highest BCUT2D eigenvalue weighted by molar-refractivity contribution is 5.80. The summed E-state index contributed by atoms with van der Waals surface area (Å²) in [7, 11) is 0. The van der Waals surface area contributed by atoms with Crippen LogP contribution < -0.4 is 0 Å². The van der Waals surface area contributed by atoms with Gasteiger partial charge in [-0.05, 0) is 22.8 Å². The van der Waals surface area contributed by atoms with Crippen LogP contribution in [0.25, 0.3) is 5.57 Å². The number of rotatable bonds is 3. The first-order chi connectivity index (χ1) is 8.43. The smallest absolute Gasteiger partial charge is 0.1000 e. The molecule has 0 aliphatic carbocycles. The summed E-state index contributed by atoms with van der Waals surface area (Å²) in [5.41, 5.74) is 3.75. The molecule has 0 aromatic heterocycles. The van der Waals surface area contributed by atoms with E-state index in [0.29, 0.717) is 6.10 Å². The van der Waals surface area contributed by atoms with E-state index in [1.165, 1.54) is 16.7 Å². The first kappa shape index (κ1) is 10.3. The lowest BCUT2D eigenvalue weighted by molar-refractivity contribution is 0.440. The largest absolute Gasteiger partial charge is 0.369 e. The van der Waals surface area contributed by atoms with Crippen molar-refractivity contribution in [1.29, 1.82) is 0 Å². The lowest BCUT2D eigenvalue weighted by Gasteiger charge is -2.07. The van der Waals surface area contributed by atoms with Gasteiger partial charge in [0.1, 0.15) is 0 Å². The molecule has 1 unspecified atom stereocenters. The molecule has 0 N–H and O–H groups in total. The zero-order valence-corrected chi connectivity index (χ0v) is 9.54.